The Labute approximate surface area is 154 Å². The van der Waals surface area contributed by atoms with Gasteiger partial charge in [0.1, 0.15) is 5.75 Å². The maximum absolute atomic E-state index is 12.2. The van der Waals surface area contributed by atoms with Gasteiger partial charge in [-0.25, -0.2) is 0 Å². The van der Waals surface area contributed by atoms with Crippen molar-refractivity contribution in [3.05, 3.63) is 54.1 Å². The zero-order valence-corrected chi connectivity index (χ0v) is 15.1. The summed E-state index contributed by atoms with van der Waals surface area (Å²) in [5, 5.41) is 18.7. The smallest absolute Gasteiger partial charge is 0.298 e. The monoisotopic (exact) mass is 371 g/mol. The average Bonchev–Trinajstić information content (AvgIpc) is 3.01. The summed E-state index contributed by atoms with van der Waals surface area (Å²) in [6.07, 6.45) is 0. The quantitative estimate of drug-likeness (QED) is 0.527. The Kier molecular flexibility index (Phi) is 5.43. The number of amides is 1. The van der Waals surface area contributed by atoms with Crippen LogP contribution in [0.25, 0.3) is 5.69 Å². The first kappa shape index (κ1) is 17.8. The van der Waals surface area contributed by atoms with Gasteiger partial charge in [0.2, 0.25) is 11.6 Å². The van der Waals surface area contributed by atoms with Gasteiger partial charge in [-0.1, -0.05) is 29.8 Å². The number of ether oxygens (including phenoxy) is 1. The molecule has 1 heterocycles. The Morgan fingerprint density at radius 2 is 2.00 bits per heavy atom. The minimum absolute atomic E-state index is 0.0281. The number of aryl methyl sites for hydroxylation is 1. The molecule has 1 amide bonds. The van der Waals surface area contributed by atoms with Crippen molar-refractivity contribution >= 4 is 23.4 Å². The molecule has 0 bridgehead atoms. The minimum atomic E-state index is -0.583. The van der Waals surface area contributed by atoms with E-state index < -0.39 is 5.95 Å². The van der Waals surface area contributed by atoms with E-state index in [0.29, 0.717) is 17.1 Å². The number of benzene rings is 2. The number of para-hydroxylation sites is 2. The highest BCUT2D eigenvalue weighted by molar-refractivity contribution is 7.99. The second kappa shape index (κ2) is 7.92. The van der Waals surface area contributed by atoms with Crippen molar-refractivity contribution in [2.75, 3.05) is 18.2 Å². The summed E-state index contributed by atoms with van der Waals surface area (Å²) in [4.78, 5) is 12.2. The molecule has 0 radical (unpaired) electrons. The van der Waals surface area contributed by atoms with Gasteiger partial charge in [0.25, 0.3) is 5.03 Å². The number of hydrogen-bond donors (Lipinski definition) is 1. The maximum atomic E-state index is 12.2. The van der Waals surface area contributed by atoms with E-state index in [4.69, 9.17) is 9.26 Å². The summed E-state index contributed by atoms with van der Waals surface area (Å²) < 4.78 is 11.3. The molecule has 3 rings (SSSR count). The largest absolute Gasteiger partial charge is 0.538 e. The first-order valence-corrected chi connectivity index (χ1v) is 8.79. The van der Waals surface area contributed by atoms with Crippen LogP contribution in [0.5, 0.6) is 11.7 Å². The molecule has 0 fully saturated rings. The molecule has 26 heavy (non-hydrogen) atoms. The Morgan fingerprint density at radius 3 is 2.73 bits per heavy atom. The van der Waals surface area contributed by atoms with Gasteiger partial charge in [0.15, 0.2) is 5.95 Å². The molecule has 3 aromatic rings. The second-order valence-corrected chi connectivity index (χ2v) is 6.41. The molecule has 0 spiro atoms. The molecule has 0 unspecified atom stereocenters. The van der Waals surface area contributed by atoms with E-state index in [-0.39, 0.29) is 16.7 Å². The zero-order valence-electron chi connectivity index (χ0n) is 14.3. The molecule has 2 aromatic carbocycles. The van der Waals surface area contributed by atoms with E-state index in [9.17, 15) is 9.90 Å². The topological polar surface area (TPSA) is 91.3 Å². The average molecular weight is 371 g/mol. The lowest BCUT2D eigenvalue weighted by Gasteiger charge is -2.09. The van der Waals surface area contributed by atoms with Gasteiger partial charge in [-0.15, -0.1) is 0 Å². The first-order chi connectivity index (χ1) is 12.6. The van der Waals surface area contributed by atoms with Crippen LogP contribution in [-0.2, 0) is 4.79 Å². The number of hydrogen-bond acceptors (Lipinski definition) is 6. The van der Waals surface area contributed by atoms with Crippen LogP contribution in [0.3, 0.4) is 0 Å². The third kappa shape index (κ3) is 3.97. The summed E-state index contributed by atoms with van der Waals surface area (Å²) in [5.74, 6) is -0.258. The van der Waals surface area contributed by atoms with Crippen LogP contribution in [0, 0.1) is 6.92 Å². The van der Waals surface area contributed by atoms with Gasteiger partial charge < -0.3 is 19.7 Å². The standard InChI is InChI=1S/C18H17N3O4S/c1-12-7-9-13(10-8-12)21-17(18(23)25-20-21)26-11-16(22)19-14-5-3-4-6-15(14)24-2/h3-10H,11H2,1-2H3,(H-,19,20,22,23). The van der Waals surface area contributed by atoms with Crippen LogP contribution in [0.1, 0.15) is 5.56 Å². The molecular weight excluding hydrogens is 354 g/mol. The molecule has 0 aliphatic carbocycles. The Morgan fingerprint density at radius 1 is 1.27 bits per heavy atom. The summed E-state index contributed by atoms with van der Waals surface area (Å²) >= 11 is 1.06. The normalized spacial score (nSPS) is 10.5. The highest BCUT2D eigenvalue weighted by atomic mass is 32.2. The molecule has 0 saturated carbocycles. The van der Waals surface area contributed by atoms with Gasteiger partial charge in [0, 0.05) is 12.1 Å². The van der Waals surface area contributed by atoms with E-state index in [1.165, 1.54) is 11.8 Å². The number of thioether (sulfide) groups is 1. The van der Waals surface area contributed by atoms with E-state index in [1.54, 1.807) is 18.2 Å². The Balaban J connectivity index is 1.71. The van der Waals surface area contributed by atoms with Gasteiger partial charge in [-0.05, 0) is 35.5 Å². The molecule has 0 saturated heterocycles. The van der Waals surface area contributed by atoms with Crippen molar-refractivity contribution in [1.82, 2.24) is 5.27 Å². The fraction of sp³-hybridized carbons (Fsp3) is 0.167. The zero-order chi connectivity index (χ0) is 18.5. The molecule has 0 aliphatic heterocycles. The van der Waals surface area contributed by atoms with Crippen molar-refractivity contribution in [2.24, 2.45) is 0 Å². The number of rotatable bonds is 6. The number of methoxy groups -OCH3 is 1. The molecular formula is C18H17N3O4S. The maximum Gasteiger partial charge on any atom is 0.298 e. The lowest BCUT2D eigenvalue weighted by molar-refractivity contribution is -0.705. The second-order valence-electron chi connectivity index (χ2n) is 5.45. The lowest BCUT2D eigenvalue weighted by Crippen LogP contribution is -2.35. The lowest BCUT2D eigenvalue weighted by atomic mass is 10.2. The number of nitrogens with one attached hydrogen (secondary N) is 1. The van der Waals surface area contributed by atoms with E-state index in [2.05, 4.69) is 10.6 Å². The van der Waals surface area contributed by atoms with Crippen LogP contribution >= 0.6 is 11.8 Å². The SMILES string of the molecule is COc1ccccc1NC(=O)CSc1c([O-])on[n+]1-c1ccc(C)cc1. The van der Waals surface area contributed by atoms with Crippen molar-refractivity contribution in [3.8, 4) is 17.4 Å². The van der Waals surface area contributed by atoms with Gasteiger partial charge in [0.05, 0.1) is 23.8 Å². The first-order valence-electron chi connectivity index (χ1n) is 7.80. The van der Waals surface area contributed by atoms with E-state index in [1.807, 2.05) is 37.3 Å². The summed E-state index contributed by atoms with van der Waals surface area (Å²) in [7, 11) is 1.53. The van der Waals surface area contributed by atoms with E-state index >= 15 is 0 Å². The minimum Gasteiger partial charge on any atom is -0.538 e. The van der Waals surface area contributed by atoms with Crippen LogP contribution in [0.2, 0.25) is 0 Å². The molecule has 0 aliphatic rings. The Hall–Kier alpha value is -3.00. The number of nitrogens with zero attached hydrogens (tertiary/aromatic N) is 2. The van der Waals surface area contributed by atoms with Gasteiger partial charge in [-0.2, -0.15) is 0 Å². The molecule has 0 atom stereocenters. The Bertz CT molecular complexity index is 909. The third-order valence-corrected chi connectivity index (χ3v) is 4.59. The van der Waals surface area contributed by atoms with Crippen molar-refractivity contribution in [2.45, 2.75) is 11.9 Å². The summed E-state index contributed by atoms with van der Waals surface area (Å²) in [6.45, 7) is 1.97. The van der Waals surface area contributed by atoms with E-state index in [0.717, 1.165) is 17.3 Å². The molecule has 134 valence electrons. The number of anilines is 1. The van der Waals surface area contributed by atoms with Crippen molar-refractivity contribution in [1.29, 1.82) is 0 Å². The summed E-state index contributed by atoms with van der Waals surface area (Å²) in [5.41, 5.74) is 2.35. The van der Waals surface area contributed by atoms with Crippen LogP contribution in [-0.4, -0.2) is 24.0 Å². The number of carbonyl (C=O) groups is 1. The molecule has 1 aromatic heterocycles. The van der Waals surface area contributed by atoms with Crippen molar-refractivity contribution in [3.63, 3.8) is 0 Å². The number of carbonyl (C=O) groups excluding carboxylic acids is 1. The predicted molar refractivity (Wildman–Crippen MR) is 94.6 cm³/mol. The fourth-order valence-corrected chi connectivity index (χ4v) is 3.04. The third-order valence-electron chi connectivity index (χ3n) is 3.57. The van der Waals surface area contributed by atoms with Crippen molar-refractivity contribution < 1.29 is 23.8 Å². The predicted octanol–water partition coefficient (Wildman–Crippen LogP) is 2.07. The van der Waals surface area contributed by atoms with Crippen LogP contribution in [0.4, 0.5) is 5.69 Å². The van der Waals surface area contributed by atoms with Gasteiger partial charge in [-0.3, -0.25) is 4.79 Å². The highest BCUT2D eigenvalue weighted by Gasteiger charge is 2.22. The van der Waals surface area contributed by atoms with Crippen LogP contribution < -0.4 is 19.8 Å². The van der Waals surface area contributed by atoms with Crippen LogP contribution in [0.15, 0.2) is 58.1 Å². The molecule has 7 nitrogen and oxygen atoms in total. The number of aromatic nitrogens is 2. The summed E-state index contributed by atoms with van der Waals surface area (Å²) in [6, 6.07) is 14.6. The molecule has 8 heteroatoms. The fourth-order valence-electron chi connectivity index (χ4n) is 2.28. The van der Waals surface area contributed by atoms with Gasteiger partial charge >= 0.3 is 0 Å². The highest BCUT2D eigenvalue weighted by Crippen LogP contribution is 2.26. The molecule has 1 N–H and O–H groups in total.